The second kappa shape index (κ2) is 5.34. The number of aromatic nitrogens is 1. The molecule has 1 amide bonds. The molecule has 1 heterocycles. The number of nitrogens with one attached hydrogen (secondary N) is 1. The molecule has 1 atom stereocenters. The van der Waals surface area contributed by atoms with Gasteiger partial charge in [-0.3, -0.25) is 9.78 Å². The quantitative estimate of drug-likeness (QED) is 0.736. The number of pyridine rings is 1. The predicted octanol–water partition coefficient (Wildman–Crippen LogP) is 0.608. The van der Waals surface area contributed by atoms with E-state index in [1.807, 2.05) is 19.1 Å². The summed E-state index contributed by atoms with van der Waals surface area (Å²) in [5.41, 5.74) is 6.32. The summed E-state index contributed by atoms with van der Waals surface area (Å²) in [5, 5.41) is 2.85. The van der Waals surface area contributed by atoms with Crippen molar-refractivity contribution in [2.75, 3.05) is 6.54 Å². The molecule has 0 aliphatic heterocycles. The Kier molecular flexibility index (Phi) is 4.07. The van der Waals surface area contributed by atoms with E-state index in [0.29, 0.717) is 13.0 Å². The van der Waals surface area contributed by atoms with Crippen LogP contribution in [0.15, 0.2) is 24.5 Å². The Balaban J connectivity index is 2.50. The zero-order chi connectivity index (χ0) is 10.4. The highest BCUT2D eigenvalue weighted by molar-refractivity contribution is 5.76. The van der Waals surface area contributed by atoms with Crippen LogP contribution in [-0.2, 0) is 4.79 Å². The van der Waals surface area contributed by atoms with Crippen LogP contribution in [0.3, 0.4) is 0 Å². The standard InChI is InChI=1S/C10H15N3O/c1-8(13-10(14)2-5-11)9-3-6-12-7-4-9/h3-4,6-8H,2,5,11H2,1H3,(H,13,14)/t8-/m1/s1. The molecule has 0 aliphatic rings. The summed E-state index contributed by atoms with van der Waals surface area (Å²) in [6.07, 6.45) is 3.79. The SMILES string of the molecule is C[C@@H](NC(=O)CCN)c1ccncc1. The van der Waals surface area contributed by atoms with Crippen LogP contribution in [0.1, 0.15) is 24.9 Å². The van der Waals surface area contributed by atoms with Crippen molar-refractivity contribution < 1.29 is 4.79 Å². The highest BCUT2D eigenvalue weighted by atomic mass is 16.1. The van der Waals surface area contributed by atoms with Gasteiger partial charge in [-0.25, -0.2) is 0 Å². The number of hydrogen-bond donors (Lipinski definition) is 2. The van der Waals surface area contributed by atoms with E-state index >= 15 is 0 Å². The van der Waals surface area contributed by atoms with Crippen LogP contribution in [0, 0.1) is 0 Å². The molecule has 76 valence electrons. The van der Waals surface area contributed by atoms with E-state index in [0.717, 1.165) is 5.56 Å². The van der Waals surface area contributed by atoms with Gasteiger partial charge in [0.15, 0.2) is 0 Å². The van der Waals surface area contributed by atoms with E-state index < -0.39 is 0 Å². The third kappa shape index (κ3) is 3.14. The number of carbonyl (C=O) groups is 1. The summed E-state index contributed by atoms with van der Waals surface area (Å²) in [6, 6.07) is 3.78. The van der Waals surface area contributed by atoms with Gasteiger partial charge in [0.2, 0.25) is 5.91 Å². The van der Waals surface area contributed by atoms with Crippen molar-refractivity contribution in [3.63, 3.8) is 0 Å². The van der Waals surface area contributed by atoms with Crippen LogP contribution in [0.2, 0.25) is 0 Å². The van der Waals surface area contributed by atoms with Crippen molar-refractivity contribution in [2.45, 2.75) is 19.4 Å². The first-order valence-electron chi connectivity index (χ1n) is 4.63. The van der Waals surface area contributed by atoms with E-state index in [-0.39, 0.29) is 11.9 Å². The molecule has 0 aliphatic carbocycles. The Morgan fingerprint density at radius 3 is 2.79 bits per heavy atom. The van der Waals surface area contributed by atoms with Crippen molar-refractivity contribution in [3.8, 4) is 0 Å². The number of nitrogens with two attached hydrogens (primary N) is 1. The number of carbonyl (C=O) groups excluding carboxylic acids is 1. The minimum atomic E-state index is -0.0168. The van der Waals surface area contributed by atoms with Gasteiger partial charge in [0.05, 0.1) is 6.04 Å². The van der Waals surface area contributed by atoms with E-state index in [9.17, 15) is 4.79 Å². The van der Waals surface area contributed by atoms with Gasteiger partial charge in [0, 0.05) is 25.4 Å². The first-order valence-corrected chi connectivity index (χ1v) is 4.63. The number of amides is 1. The second-order valence-corrected chi connectivity index (χ2v) is 3.11. The summed E-state index contributed by atoms with van der Waals surface area (Å²) in [5.74, 6) is -0.0168. The Morgan fingerprint density at radius 2 is 2.21 bits per heavy atom. The summed E-state index contributed by atoms with van der Waals surface area (Å²) in [7, 11) is 0. The average Bonchev–Trinajstić information content (AvgIpc) is 2.19. The highest BCUT2D eigenvalue weighted by Crippen LogP contribution is 2.09. The molecular formula is C10H15N3O. The number of hydrogen-bond acceptors (Lipinski definition) is 3. The molecule has 3 N–H and O–H groups in total. The molecule has 4 heteroatoms. The summed E-state index contributed by atoms with van der Waals surface area (Å²) < 4.78 is 0. The van der Waals surface area contributed by atoms with E-state index in [2.05, 4.69) is 10.3 Å². The van der Waals surface area contributed by atoms with Crippen molar-refractivity contribution in [2.24, 2.45) is 5.73 Å². The van der Waals surface area contributed by atoms with E-state index in [4.69, 9.17) is 5.73 Å². The molecule has 14 heavy (non-hydrogen) atoms. The third-order valence-electron chi connectivity index (χ3n) is 1.95. The smallest absolute Gasteiger partial charge is 0.221 e. The Labute approximate surface area is 83.5 Å². The van der Waals surface area contributed by atoms with E-state index in [1.165, 1.54) is 0 Å². The van der Waals surface area contributed by atoms with Gasteiger partial charge in [0.25, 0.3) is 0 Å². The van der Waals surface area contributed by atoms with Crippen LogP contribution >= 0.6 is 0 Å². The van der Waals surface area contributed by atoms with Gasteiger partial charge in [-0.15, -0.1) is 0 Å². The highest BCUT2D eigenvalue weighted by Gasteiger charge is 2.07. The normalized spacial score (nSPS) is 12.1. The van der Waals surface area contributed by atoms with Crippen molar-refractivity contribution >= 4 is 5.91 Å². The Morgan fingerprint density at radius 1 is 1.57 bits per heavy atom. The molecule has 0 unspecified atom stereocenters. The molecule has 0 bridgehead atoms. The van der Waals surface area contributed by atoms with Gasteiger partial charge >= 0.3 is 0 Å². The molecule has 0 aromatic carbocycles. The van der Waals surface area contributed by atoms with Gasteiger partial charge in [-0.05, 0) is 24.6 Å². The van der Waals surface area contributed by atoms with Crippen LogP contribution in [-0.4, -0.2) is 17.4 Å². The molecule has 0 saturated carbocycles. The lowest BCUT2D eigenvalue weighted by molar-refractivity contribution is -0.121. The number of nitrogens with zero attached hydrogens (tertiary/aromatic N) is 1. The minimum absolute atomic E-state index is 0.0112. The maximum Gasteiger partial charge on any atom is 0.221 e. The van der Waals surface area contributed by atoms with Crippen molar-refractivity contribution in [3.05, 3.63) is 30.1 Å². The molecule has 1 aromatic heterocycles. The molecule has 0 saturated heterocycles. The number of rotatable bonds is 4. The molecular weight excluding hydrogens is 178 g/mol. The van der Waals surface area contributed by atoms with Crippen LogP contribution in [0.5, 0.6) is 0 Å². The zero-order valence-corrected chi connectivity index (χ0v) is 8.23. The molecule has 0 fully saturated rings. The minimum Gasteiger partial charge on any atom is -0.350 e. The summed E-state index contributed by atoms with van der Waals surface area (Å²) >= 11 is 0. The van der Waals surface area contributed by atoms with Gasteiger partial charge in [-0.1, -0.05) is 0 Å². The van der Waals surface area contributed by atoms with Gasteiger partial charge < -0.3 is 11.1 Å². The molecule has 1 aromatic rings. The largest absolute Gasteiger partial charge is 0.350 e. The summed E-state index contributed by atoms with van der Waals surface area (Å²) in [4.78, 5) is 15.1. The predicted molar refractivity (Wildman–Crippen MR) is 54.5 cm³/mol. The van der Waals surface area contributed by atoms with E-state index in [1.54, 1.807) is 12.4 Å². The Hall–Kier alpha value is -1.42. The molecule has 0 spiro atoms. The van der Waals surface area contributed by atoms with Crippen LogP contribution in [0.25, 0.3) is 0 Å². The van der Waals surface area contributed by atoms with Crippen molar-refractivity contribution in [1.29, 1.82) is 0 Å². The fourth-order valence-electron chi connectivity index (χ4n) is 1.18. The topological polar surface area (TPSA) is 68.0 Å². The third-order valence-corrected chi connectivity index (χ3v) is 1.95. The van der Waals surface area contributed by atoms with Crippen LogP contribution in [0.4, 0.5) is 0 Å². The maximum atomic E-state index is 11.2. The fraction of sp³-hybridized carbons (Fsp3) is 0.400. The molecule has 4 nitrogen and oxygen atoms in total. The first-order chi connectivity index (χ1) is 6.74. The zero-order valence-electron chi connectivity index (χ0n) is 8.23. The average molecular weight is 193 g/mol. The monoisotopic (exact) mass is 193 g/mol. The lowest BCUT2D eigenvalue weighted by Gasteiger charge is -2.13. The van der Waals surface area contributed by atoms with Gasteiger partial charge in [0.1, 0.15) is 0 Å². The summed E-state index contributed by atoms with van der Waals surface area (Å²) in [6.45, 7) is 2.32. The van der Waals surface area contributed by atoms with Crippen molar-refractivity contribution in [1.82, 2.24) is 10.3 Å². The van der Waals surface area contributed by atoms with Gasteiger partial charge in [-0.2, -0.15) is 0 Å². The first kappa shape index (κ1) is 10.7. The lowest BCUT2D eigenvalue weighted by atomic mass is 10.1. The lowest BCUT2D eigenvalue weighted by Crippen LogP contribution is -2.28. The molecule has 0 radical (unpaired) electrons. The molecule has 1 rings (SSSR count). The fourth-order valence-corrected chi connectivity index (χ4v) is 1.18. The second-order valence-electron chi connectivity index (χ2n) is 3.11. The Bertz CT molecular complexity index is 287. The maximum absolute atomic E-state index is 11.2. The van der Waals surface area contributed by atoms with Crippen LogP contribution < -0.4 is 11.1 Å².